The standard InChI is InChI=1S/C9H11F2NO4/c10-9(11,5-13)4-12-2-7-1-6(3-16-7)8(14)15/h1,3,12-13H,2,4-5H2,(H,14,15). The zero-order chi connectivity index (χ0) is 12.2. The summed E-state index contributed by atoms with van der Waals surface area (Å²) in [6.07, 6.45) is 1.03. The Hall–Kier alpha value is -1.47. The van der Waals surface area contributed by atoms with E-state index in [1.807, 2.05) is 0 Å². The van der Waals surface area contributed by atoms with Crippen molar-refractivity contribution in [2.45, 2.75) is 12.5 Å². The van der Waals surface area contributed by atoms with E-state index in [-0.39, 0.29) is 17.9 Å². The zero-order valence-electron chi connectivity index (χ0n) is 8.24. The third-order valence-electron chi connectivity index (χ3n) is 1.81. The van der Waals surface area contributed by atoms with Crippen LogP contribution in [0.3, 0.4) is 0 Å². The number of nitrogens with one attached hydrogen (secondary N) is 1. The molecule has 0 bridgehead atoms. The fourth-order valence-corrected chi connectivity index (χ4v) is 1.01. The fourth-order valence-electron chi connectivity index (χ4n) is 1.01. The van der Waals surface area contributed by atoms with Crippen molar-refractivity contribution in [3.63, 3.8) is 0 Å². The number of aromatic carboxylic acids is 1. The average molecular weight is 235 g/mol. The van der Waals surface area contributed by atoms with Gasteiger partial charge < -0.3 is 19.9 Å². The van der Waals surface area contributed by atoms with E-state index in [9.17, 15) is 13.6 Å². The Balaban J connectivity index is 2.40. The molecule has 1 rings (SSSR count). The molecule has 0 unspecified atom stereocenters. The number of carbonyl (C=O) groups is 1. The van der Waals surface area contributed by atoms with Gasteiger partial charge in [-0.25, -0.2) is 13.6 Å². The van der Waals surface area contributed by atoms with Crippen LogP contribution in [0.2, 0.25) is 0 Å². The summed E-state index contributed by atoms with van der Waals surface area (Å²) >= 11 is 0. The Morgan fingerprint density at radius 1 is 1.56 bits per heavy atom. The minimum Gasteiger partial charge on any atom is -0.478 e. The number of carboxylic acid groups (broad SMARTS) is 1. The van der Waals surface area contributed by atoms with Crippen LogP contribution in [0, 0.1) is 0 Å². The number of carboxylic acids is 1. The van der Waals surface area contributed by atoms with Crippen molar-refractivity contribution in [2.75, 3.05) is 13.2 Å². The van der Waals surface area contributed by atoms with Gasteiger partial charge in [0.05, 0.1) is 18.7 Å². The molecule has 90 valence electrons. The largest absolute Gasteiger partial charge is 0.478 e. The molecule has 0 radical (unpaired) electrons. The van der Waals surface area contributed by atoms with E-state index in [2.05, 4.69) is 5.32 Å². The minimum atomic E-state index is -3.19. The number of hydrogen-bond acceptors (Lipinski definition) is 4. The highest BCUT2D eigenvalue weighted by Gasteiger charge is 2.26. The van der Waals surface area contributed by atoms with Crippen molar-refractivity contribution in [1.82, 2.24) is 5.32 Å². The van der Waals surface area contributed by atoms with Gasteiger partial charge in [-0.2, -0.15) is 0 Å². The van der Waals surface area contributed by atoms with Gasteiger partial charge in [-0.1, -0.05) is 0 Å². The smallest absolute Gasteiger partial charge is 0.338 e. The third kappa shape index (κ3) is 3.59. The summed E-state index contributed by atoms with van der Waals surface area (Å²) in [5, 5.41) is 19.2. The molecule has 16 heavy (non-hydrogen) atoms. The lowest BCUT2D eigenvalue weighted by Gasteiger charge is -2.12. The Morgan fingerprint density at radius 2 is 2.25 bits per heavy atom. The molecular weight excluding hydrogens is 224 g/mol. The number of furan rings is 1. The van der Waals surface area contributed by atoms with Gasteiger partial charge in [-0.05, 0) is 6.07 Å². The van der Waals surface area contributed by atoms with Crippen molar-refractivity contribution >= 4 is 5.97 Å². The molecule has 0 aliphatic heterocycles. The predicted molar refractivity (Wildman–Crippen MR) is 49.4 cm³/mol. The van der Waals surface area contributed by atoms with Gasteiger partial charge in [0.15, 0.2) is 0 Å². The first kappa shape index (κ1) is 12.6. The van der Waals surface area contributed by atoms with E-state index >= 15 is 0 Å². The summed E-state index contributed by atoms with van der Waals surface area (Å²) in [7, 11) is 0. The molecule has 0 aliphatic carbocycles. The summed E-state index contributed by atoms with van der Waals surface area (Å²) in [4.78, 5) is 10.5. The second kappa shape index (κ2) is 5.04. The van der Waals surface area contributed by atoms with E-state index < -0.39 is 25.0 Å². The summed E-state index contributed by atoms with van der Waals surface area (Å²) in [5.74, 6) is -4.09. The maximum absolute atomic E-state index is 12.6. The fraction of sp³-hybridized carbons (Fsp3) is 0.444. The lowest BCUT2D eigenvalue weighted by molar-refractivity contribution is -0.0479. The number of aliphatic hydroxyl groups excluding tert-OH is 1. The lowest BCUT2D eigenvalue weighted by atomic mass is 10.3. The van der Waals surface area contributed by atoms with E-state index in [1.165, 1.54) is 6.07 Å². The molecule has 3 N–H and O–H groups in total. The quantitative estimate of drug-likeness (QED) is 0.675. The van der Waals surface area contributed by atoms with Crippen molar-refractivity contribution in [3.8, 4) is 0 Å². The van der Waals surface area contributed by atoms with E-state index in [4.69, 9.17) is 14.6 Å². The first-order chi connectivity index (χ1) is 7.44. The first-order valence-electron chi connectivity index (χ1n) is 4.45. The molecule has 0 saturated heterocycles. The summed E-state index contributed by atoms with van der Waals surface area (Å²) in [6.45, 7) is -1.96. The predicted octanol–water partition coefficient (Wildman–Crippen LogP) is 0.695. The number of hydrogen-bond donors (Lipinski definition) is 3. The highest BCUT2D eigenvalue weighted by atomic mass is 19.3. The molecule has 0 spiro atoms. The second-order valence-electron chi connectivity index (χ2n) is 3.22. The van der Waals surface area contributed by atoms with Crippen LogP contribution in [0.15, 0.2) is 16.7 Å². The Kier molecular flexibility index (Phi) is 3.97. The second-order valence-corrected chi connectivity index (χ2v) is 3.22. The van der Waals surface area contributed by atoms with Crippen LogP contribution in [-0.4, -0.2) is 35.3 Å². The molecule has 1 aromatic heterocycles. The topological polar surface area (TPSA) is 82.7 Å². The van der Waals surface area contributed by atoms with Crippen LogP contribution in [0.4, 0.5) is 8.78 Å². The Bertz CT molecular complexity index is 364. The van der Waals surface area contributed by atoms with Crippen molar-refractivity contribution in [1.29, 1.82) is 0 Å². The van der Waals surface area contributed by atoms with E-state index in [1.54, 1.807) is 0 Å². The van der Waals surface area contributed by atoms with Gasteiger partial charge in [0.2, 0.25) is 0 Å². The number of rotatable bonds is 6. The summed E-state index contributed by atoms with van der Waals surface area (Å²) in [6, 6.07) is 1.24. The molecule has 0 amide bonds. The highest BCUT2D eigenvalue weighted by Crippen LogP contribution is 2.11. The van der Waals surface area contributed by atoms with Crippen molar-refractivity contribution in [3.05, 3.63) is 23.7 Å². The third-order valence-corrected chi connectivity index (χ3v) is 1.81. The van der Waals surface area contributed by atoms with Gasteiger partial charge in [-0.3, -0.25) is 0 Å². The molecule has 0 saturated carbocycles. The van der Waals surface area contributed by atoms with Gasteiger partial charge >= 0.3 is 5.97 Å². The van der Waals surface area contributed by atoms with Crippen molar-refractivity contribution < 1.29 is 28.2 Å². The molecule has 0 aromatic carbocycles. The van der Waals surface area contributed by atoms with Crippen LogP contribution >= 0.6 is 0 Å². The van der Waals surface area contributed by atoms with Gasteiger partial charge in [0.1, 0.15) is 18.6 Å². The monoisotopic (exact) mass is 235 g/mol. The maximum Gasteiger partial charge on any atom is 0.338 e. The van der Waals surface area contributed by atoms with Crippen LogP contribution in [0.1, 0.15) is 16.1 Å². The highest BCUT2D eigenvalue weighted by molar-refractivity contribution is 5.87. The average Bonchev–Trinajstić information content (AvgIpc) is 2.66. The number of halogens is 2. The van der Waals surface area contributed by atoms with Gasteiger partial charge in [-0.15, -0.1) is 0 Å². The molecule has 5 nitrogen and oxygen atoms in total. The molecule has 7 heteroatoms. The van der Waals surface area contributed by atoms with Gasteiger partial charge in [0.25, 0.3) is 5.92 Å². The SMILES string of the molecule is O=C(O)c1coc(CNCC(F)(F)CO)c1. The van der Waals surface area contributed by atoms with Crippen LogP contribution < -0.4 is 5.32 Å². The van der Waals surface area contributed by atoms with E-state index in [0.29, 0.717) is 0 Å². The number of alkyl halides is 2. The molecule has 0 aliphatic rings. The lowest BCUT2D eigenvalue weighted by Crippen LogP contribution is -2.35. The zero-order valence-corrected chi connectivity index (χ0v) is 8.24. The summed E-state index contributed by atoms with van der Waals surface area (Å²) < 4.78 is 29.9. The molecular formula is C9H11F2NO4. The van der Waals surface area contributed by atoms with E-state index in [0.717, 1.165) is 6.26 Å². The van der Waals surface area contributed by atoms with Gasteiger partial charge in [0, 0.05) is 0 Å². The van der Waals surface area contributed by atoms with Crippen LogP contribution in [0.25, 0.3) is 0 Å². The normalized spacial score (nSPS) is 11.7. The molecule has 0 atom stereocenters. The molecule has 1 aromatic rings. The number of aliphatic hydroxyl groups is 1. The first-order valence-corrected chi connectivity index (χ1v) is 4.45. The van der Waals surface area contributed by atoms with Crippen molar-refractivity contribution in [2.24, 2.45) is 0 Å². The van der Waals surface area contributed by atoms with Crippen LogP contribution in [-0.2, 0) is 6.54 Å². The minimum absolute atomic E-state index is 0.0249. The maximum atomic E-state index is 12.6. The molecule has 1 heterocycles. The Labute approximate surface area is 89.7 Å². The summed E-state index contributed by atoms with van der Waals surface area (Å²) in [5.41, 5.74) is -0.0364. The molecule has 0 fully saturated rings. The Morgan fingerprint density at radius 3 is 2.75 bits per heavy atom. The van der Waals surface area contributed by atoms with Crippen LogP contribution in [0.5, 0.6) is 0 Å².